The number of hydrogen-bond acceptors (Lipinski definition) is 1. The summed E-state index contributed by atoms with van der Waals surface area (Å²) in [5.41, 5.74) is 8.06. The van der Waals surface area contributed by atoms with E-state index >= 15 is 0 Å². The Kier molecular flexibility index (Phi) is 4.40. The number of amides is 1. The summed E-state index contributed by atoms with van der Waals surface area (Å²) < 4.78 is 0. The minimum Gasteiger partial charge on any atom is -0.370 e. The Bertz CT molecular complexity index is 407. The molecule has 1 unspecified atom stereocenters. The van der Waals surface area contributed by atoms with Crippen molar-refractivity contribution in [2.45, 2.75) is 51.4 Å². The number of rotatable bonds is 4. The highest BCUT2D eigenvalue weighted by molar-refractivity contribution is 5.75. The van der Waals surface area contributed by atoms with E-state index in [0.717, 1.165) is 0 Å². The lowest BCUT2D eigenvalue weighted by Gasteiger charge is -2.31. The van der Waals surface area contributed by atoms with Crippen LogP contribution in [0.2, 0.25) is 0 Å². The number of benzene rings is 1. The zero-order chi connectivity index (χ0) is 13.0. The van der Waals surface area contributed by atoms with E-state index in [1.54, 1.807) is 0 Å². The Balaban J connectivity index is 2.24. The molecule has 2 N–H and O–H groups in total. The first-order chi connectivity index (χ1) is 8.68. The predicted octanol–water partition coefficient (Wildman–Crippen LogP) is 3.53. The van der Waals surface area contributed by atoms with E-state index < -0.39 is 0 Å². The smallest absolute Gasteiger partial charge is 0.218 e. The second-order valence-electron chi connectivity index (χ2n) is 5.53. The van der Waals surface area contributed by atoms with Gasteiger partial charge in [0.1, 0.15) is 0 Å². The third-order valence-electron chi connectivity index (χ3n) is 4.23. The van der Waals surface area contributed by atoms with Gasteiger partial charge in [0.05, 0.1) is 0 Å². The number of nitrogens with two attached hydrogens (primary N) is 1. The number of carbonyl (C=O) groups is 1. The Labute approximate surface area is 110 Å². The molecular weight excluding hydrogens is 222 g/mol. The van der Waals surface area contributed by atoms with Gasteiger partial charge in [0.25, 0.3) is 0 Å². The number of carbonyl (C=O) groups excluding carboxylic acids is 1. The molecule has 0 aromatic heterocycles. The van der Waals surface area contributed by atoms with E-state index in [9.17, 15) is 4.79 Å². The average Bonchev–Trinajstić information content (AvgIpc) is 2.38. The Morgan fingerprint density at radius 2 is 1.94 bits per heavy atom. The van der Waals surface area contributed by atoms with Gasteiger partial charge in [0.15, 0.2) is 0 Å². The fourth-order valence-corrected chi connectivity index (χ4v) is 3.29. The molecule has 1 fully saturated rings. The van der Waals surface area contributed by atoms with Gasteiger partial charge >= 0.3 is 0 Å². The van der Waals surface area contributed by atoms with Crippen LogP contribution in [0.5, 0.6) is 0 Å². The lowest BCUT2D eigenvalue weighted by Crippen LogP contribution is -2.23. The molecule has 1 aliphatic carbocycles. The third kappa shape index (κ3) is 3.12. The summed E-state index contributed by atoms with van der Waals surface area (Å²) in [4.78, 5) is 11.4. The van der Waals surface area contributed by atoms with Crippen LogP contribution in [0.25, 0.3) is 0 Å². The molecule has 0 spiro atoms. The molecule has 1 aromatic rings. The maximum Gasteiger partial charge on any atom is 0.218 e. The van der Waals surface area contributed by atoms with Crippen molar-refractivity contribution in [3.8, 4) is 0 Å². The van der Waals surface area contributed by atoms with E-state index in [2.05, 4.69) is 31.2 Å². The van der Waals surface area contributed by atoms with Gasteiger partial charge in [-0.25, -0.2) is 0 Å². The lowest BCUT2D eigenvalue weighted by atomic mass is 9.74. The molecule has 0 aliphatic heterocycles. The largest absolute Gasteiger partial charge is 0.370 e. The molecule has 2 rings (SSSR count). The maximum atomic E-state index is 11.4. The minimum atomic E-state index is -0.172. The third-order valence-corrected chi connectivity index (χ3v) is 4.23. The summed E-state index contributed by atoms with van der Waals surface area (Å²) in [6, 6.07) is 8.42. The maximum absolute atomic E-state index is 11.4. The Morgan fingerprint density at radius 3 is 2.56 bits per heavy atom. The summed E-state index contributed by atoms with van der Waals surface area (Å²) in [6.45, 7) is 2.13. The van der Waals surface area contributed by atoms with Crippen LogP contribution in [0.15, 0.2) is 24.3 Å². The summed E-state index contributed by atoms with van der Waals surface area (Å²) in [6.07, 6.45) is 6.92. The van der Waals surface area contributed by atoms with Gasteiger partial charge < -0.3 is 5.73 Å². The number of hydrogen-bond donors (Lipinski definition) is 1. The van der Waals surface area contributed by atoms with Crippen molar-refractivity contribution in [1.29, 1.82) is 0 Å². The first-order valence-electron chi connectivity index (χ1n) is 7.02. The first-order valence-corrected chi connectivity index (χ1v) is 7.02. The normalized spacial score (nSPS) is 18.5. The van der Waals surface area contributed by atoms with Crippen molar-refractivity contribution in [3.05, 3.63) is 35.4 Å². The summed E-state index contributed by atoms with van der Waals surface area (Å²) in [5, 5.41) is 0. The van der Waals surface area contributed by atoms with Crippen molar-refractivity contribution in [3.63, 3.8) is 0 Å². The van der Waals surface area contributed by atoms with Gasteiger partial charge in [-0.1, -0.05) is 43.5 Å². The van der Waals surface area contributed by atoms with Crippen LogP contribution >= 0.6 is 0 Å². The van der Waals surface area contributed by atoms with Crippen molar-refractivity contribution in [2.75, 3.05) is 0 Å². The SMILES string of the molecule is Cc1ccccc1C(CC(N)=O)C1CCCCC1. The van der Waals surface area contributed by atoms with E-state index in [1.807, 2.05) is 0 Å². The van der Waals surface area contributed by atoms with Crippen LogP contribution in [0.1, 0.15) is 55.6 Å². The molecule has 0 bridgehead atoms. The predicted molar refractivity (Wildman–Crippen MR) is 74.3 cm³/mol. The standard InChI is InChI=1S/C16H23NO/c1-12-7-5-6-10-14(12)15(11-16(17)18)13-8-3-2-4-9-13/h5-7,10,13,15H,2-4,8-9,11H2,1H3,(H2,17,18). The highest BCUT2D eigenvalue weighted by Crippen LogP contribution is 2.39. The van der Waals surface area contributed by atoms with Crippen LogP contribution < -0.4 is 5.73 Å². The average molecular weight is 245 g/mol. The minimum absolute atomic E-state index is 0.172. The topological polar surface area (TPSA) is 43.1 Å². The number of primary amides is 1. The summed E-state index contributed by atoms with van der Waals surface area (Å²) in [5.74, 6) is 0.783. The van der Waals surface area contributed by atoms with Gasteiger partial charge in [-0.3, -0.25) is 4.79 Å². The Hall–Kier alpha value is -1.31. The molecule has 0 saturated heterocycles. The van der Waals surface area contributed by atoms with Crippen LogP contribution in [0.3, 0.4) is 0 Å². The summed E-state index contributed by atoms with van der Waals surface area (Å²) in [7, 11) is 0. The molecule has 1 saturated carbocycles. The molecule has 1 aromatic carbocycles. The molecule has 2 nitrogen and oxygen atoms in total. The highest BCUT2D eigenvalue weighted by atomic mass is 16.1. The van der Waals surface area contributed by atoms with Crippen LogP contribution in [-0.2, 0) is 4.79 Å². The van der Waals surface area contributed by atoms with Gasteiger partial charge in [-0.15, -0.1) is 0 Å². The number of aryl methyl sites for hydroxylation is 1. The fraction of sp³-hybridized carbons (Fsp3) is 0.562. The van der Waals surface area contributed by atoms with Crippen LogP contribution in [0.4, 0.5) is 0 Å². The van der Waals surface area contributed by atoms with Crippen molar-refractivity contribution >= 4 is 5.91 Å². The molecule has 1 amide bonds. The second kappa shape index (κ2) is 6.03. The molecular formula is C16H23NO. The fourth-order valence-electron chi connectivity index (χ4n) is 3.29. The second-order valence-corrected chi connectivity index (χ2v) is 5.53. The quantitative estimate of drug-likeness (QED) is 0.866. The van der Waals surface area contributed by atoms with Gasteiger partial charge in [-0.2, -0.15) is 0 Å². The van der Waals surface area contributed by atoms with Crippen molar-refractivity contribution in [1.82, 2.24) is 0 Å². The zero-order valence-corrected chi connectivity index (χ0v) is 11.2. The molecule has 1 aliphatic rings. The van der Waals surface area contributed by atoms with Gasteiger partial charge in [0, 0.05) is 6.42 Å². The molecule has 0 radical (unpaired) electrons. The molecule has 1 atom stereocenters. The van der Waals surface area contributed by atoms with E-state index in [4.69, 9.17) is 5.73 Å². The van der Waals surface area contributed by atoms with Gasteiger partial charge in [0.2, 0.25) is 5.91 Å². The van der Waals surface area contributed by atoms with E-state index in [1.165, 1.54) is 43.2 Å². The highest BCUT2D eigenvalue weighted by Gasteiger charge is 2.27. The molecule has 98 valence electrons. The van der Waals surface area contributed by atoms with Crippen LogP contribution in [-0.4, -0.2) is 5.91 Å². The molecule has 0 heterocycles. The first kappa shape index (κ1) is 13.1. The van der Waals surface area contributed by atoms with Crippen molar-refractivity contribution < 1.29 is 4.79 Å². The summed E-state index contributed by atoms with van der Waals surface area (Å²) >= 11 is 0. The molecule has 2 heteroatoms. The van der Waals surface area contributed by atoms with Crippen LogP contribution in [0, 0.1) is 12.8 Å². The van der Waals surface area contributed by atoms with E-state index in [0.29, 0.717) is 18.3 Å². The van der Waals surface area contributed by atoms with Gasteiger partial charge in [-0.05, 0) is 42.7 Å². The Morgan fingerprint density at radius 1 is 1.28 bits per heavy atom. The van der Waals surface area contributed by atoms with E-state index in [-0.39, 0.29) is 5.91 Å². The monoisotopic (exact) mass is 245 g/mol. The van der Waals surface area contributed by atoms with Crippen molar-refractivity contribution in [2.24, 2.45) is 11.7 Å². The zero-order valence-electron chi connectivity index (χ0n) is 11.2. The lowest BCUT2D eigenvalue weighted by molar-refractivity contribution is -0.118. The molecule has 18 heavy (non-hydrogen) atoms.